The summed E-state index contributed by atoms with van der Waals surface area (Å²) >= 11 is 0. The number of carboxylic acids is 1. The first kappa shape index (κ1) is 18.0. The van der Waals surface area contributed by atoms with Crippen LogP contribution < -0.4 is 5.32 Å². The van der Waals surface area contributed by atoms with Crippen LogP contribution in [0.2, 0.25) is 0 Å². The number of hydrogen-bond acceptors (Lipinski definition) is 4. The smallest absolute Gasteiger partial charge is 0.309 e. The predicted octanol–water partition coefficient (Wildman–Crippen LogP) is 2.44. The van der Waals surface area contributed by atoms with Crippen LogP contribution in [0, 0.1) is 17.3 Å². The molecule has 0 aromatic rings. The first-order valence-corrected chi connectivity index (χ1v) is 7.91. The fourth-order valence-corrected chi connectivity index (χ4v) is 2.88. The van der Waals surface area contributed by atoms with Gasteiger partial charge in [0, 0.05) is 6.04 Å². The Morgan fingerprint density at radius 1 is 1.33 bits per heavy atom. The van der Waals surface area contributed by atoms with Crippen LogP contribution in [0.3, 0.4) is 0 Å². The molecule has 0 aliphatic heterocycles. The summed E-state index contributed by atoms with van der Waals surface area (Å²) in [6.45, 7) is 8.56. The van der Waals surface area contributed by atoms with Gasteiger partial charge in [-0.05, 0) is 58.9 Å². The van der Waals surface area contributed by atoms with E-state index in [2.05, 4.69) is 12.2 Å². The number of carbonyl (C=O) groups is 2. The maximum atomic E-state index is 11.8. The van der Waals surface area contributed by atoms with E-state index in [-0.39, 0.29) is 11.9 Å². The molecule has 1 fully saturated rings. The van der Waals surface area contributed by atoms with Crippen molar-refractivity contribution < 1.29 is 19.4 Å². The highest BCUT2D eigenvalue weighted by atomic mass is 16.5. The molecule has 5 heteroatoms. The van der Waals surface area contributed by atoms with Crippen LogP contribution in [0.4, 0.5) is 0 Å². The number of carbonyl (C=O) groups excluding carboxylic acids is 1. The molecule has 0 amide bonds. The molecule has 1 aliphatic carbocycles. The van der Waals surface area contributed by atoms with Gasteiger partial charge in [-0.15, -0.1) is 0 Å². The standard InChI is InChI=1S/C16H29NO4/c1-5-21-14(18)13-7-6-12(10-11(13)2)17-9-8-16(3,4)15(19)20/h11-13,17H,5-10H2,1-4H3,(H,19,20). The number of rotatable bonds is 7. The zero-order valence-electron chi connectivity index (χ0n) is 13.6. The molecule has 0 heterocycles. The maximum absolute atomic E-state index is 11.8. The van der Waals surface area contributed by atoms with Crippen molar-refractivity contribution >= 4 is 11.9 Å². The van der Waals surface area contributed by atoms with E-state index >= 15 is 0 Å². The lowest BCUT2D eigenvalue weighted by atomic mass is 9.78. The van der Waals surface area contributed by atoms with Crippen LogP contribution >= 0.6 is 0 Å². The SMILES string of the molecule is CCOC(=O)C1CCC(NCCC(C)(C)C(=O)O)CC1C. The molecule has 0 bridgehead atoms. The van der Waals surface area contributed by atoms with Gasteiger partial charge in [0.2, 0.25) is 0 Å². The molecule has 0 aromatic heterocycles. The van der Waals surface area contributed by atoms with Crippen LogP contribution in [-0.4, -0.2) is 36.2 Å². The summed E-state index contributed by atoms with van der Waals surface area (Å²) in [7, 11) is 0. The minimum absolute atomic E-state index is 0.0125. The lowest BCUT2D eigenvalue weighted by molar-refractivity contribution is -0.151. The van der Waals surface area contributed by atoms with E-state index in [0.29, 0.717) is 31.5 Å². The highest BCUT2D eigenvalue weighted by Crippen LogP contribution is 2.31. The maximum Gasteiger partial charge on any atom is 0.309 e. The van der Waals surface area contributed by atoms with E-state index < -0.39 is 11.4 Å². The van der Waals surface area contributed by atoms with Gasteiger partial charge in [0.15, 0.2) is 0 Å². The topological polar surface area (TPSA) is 75.6 Å². The number of aliphatic carboxylic acids is 1. The molecule has 0 aromatic carbocycles. The minimum atomic E-state index is -0.760. The zero-order valence-corrected chi connectivity index (χ0v) is 13.6. The van der Waals surface area contributed by atoms with Crippen LogP contribution in [0.25, 0.3) is 0 Å². The Hall–Kier alpha value is -1.10. The van der Waals surface area contributed by atoms with Crippen LogP contribution in [0.1, 0.15) is 53.4 Å². The molecule has 1 aliphatic rings. The summed E-state index contributed by atoms with van der Waals surface area (Å²) in [4.78, 5) is 22.9. The number of nitrogens with one attached hydrogen (secondary N) is 1. The van der Waals surface area contributed by atoms with Gasteiger partial charge in [0.25, 0.3) is 0 Å². The fraction of sp³-hybridized carbons (Fsp3) is 0.875. The Morgan fingerprint density at radius 2 is 2.00 bits per heavy atom. The van der Waals surface area contributed by atoms with E-state index in [0.717, 1.165) is 19.3 Å². The van der Waals surface area contributed by atoms with Crippen molar-refractivity contribution in [1.29, 1.82) is 0 Å². The molecule has 1 saturated carbocycles. The van der Waals surface area contributed by atoms with Gasteiger partial charge in [-0.25, -0.2) is 0 Å². The van der Waals surface area contributed by atoms with E-state index in [1.807, 2.05) is 6.92 Å². The van der Waals surface area contributed by atoms with Crippen LogP contribution in [-0.2, 0) is 14.3 Å². The molecule has 0 saturated heterocycles. The summed E-state index contributed by atoms with van der Waals surface area (Å²) in [6.07, 6.45) is 3.34. The number of esters is 1. The van der Waals surface area contributed by atoms with E-state index in [1.165, 1.54) is 0 Å². The average molecular weight is 299 g/mol. The van der Waals surface area contributed by atoms with E-state index in [9.17, 15) is 9.59 Å². The zero-order chi connectivity index (χ0) is 16.0. The van der Waals surface area contributed by atoms with E-state index in [4.69, 9.17) is 9.84 Å². The first-order chi connectivity index (χ1) is 9.77. The molecule has 122 valence electrons. The average Bonchev–Trinajstić information content (AvgIpc) is 2.38. The summed E-state index contributed by atoms with van der Waals surface area (Å²) in [5, 5.41) is 12.5. The highest BCUT2D eigenvalue weighted by molar-refractivity contribution is 5.73. The first-order valence-electron chi connectivity index (χ1n) is 7.91. The molecule has 3 atom stereocenters. The fourth-order valence-electron chi connectivity index (χ4n) is 2.88. The molecule has 0 spiro atoms. The van der Waals surface area contributed by atoms with Gasteiger partial charge in [-0.3, -0.25) is 9.59 Å². The Kier molecular flexibility index (Phi) is 6.65. The van der Waals surface area contributed by atoms with Crippen molar-refractivity contribution in [3.8, 4) is 0 Å². The summed E-state index contributed by atoms with van der Waals surface area (Å²) in [6, 6.07) is 0.371. The molecular weight excluding hydrogens is 270 g/mol. The third-order valence-electron chi connectivity index (χ3n) is 4.52. The second-order valence-corrected chi connectivity index (χ2v) is 6.74. The molecule has 5 nitrogen and oxygen atoms in total. The highest BCUT2D eigenvalue weighted by Gasteiger charge is 2.33. The Morgan fingerprint density at radius 3 is 2.52 bits per heavy atom. The Labute approximate surface area is 127 Å². The van der Waals surface area contributed by atoms with Gasteiger partial charge in [-0.1, -0.05) is 6.92 Å². The lowest BCUT2D eigenvalue weighted by Crippen LogP contribution is -2.41. The number of carboxylic acid groups (broad SMARTS) is 1. The monoisotopic (exact) mass is 299 g/mol. The van der Waals surface area contributed by atoms with Crippen molar-refractivity contribution in [1.82, 2.24) is 5.32 Å². The summed E-state index contributed by atoms with van der Waals surface area (Å²) < 4.78 is 5.11. The number of hydrogen-bond donors (Lipinski definition) is 2. The van der Waals surface area contributed by atoms with Gasteiger partial charge in [0.05, 0.1) is 17.9 Å². The van der Waals surface area contributed by atoms with Crippen LogP contribution in [0.15, 0.2) is 0 Å². The van der Waals surface area contributed by atoms with Gasteiger partial charge >= 0.3 is 11.9 Å². The van der Waals surface area contributed by atoms with Crippen molar-refractivity contribution in [3.05, 3.63) is 0 Å². The van der Waals surface area contributed by atoms with Crippen LogP contribution in [0.5, 0.6) is 0 Å². The molecule has 2 N–H and O–H groups in total. The third kappa shape index (κ3) is 5.30. The van der Waals surface area contributed by atoms with Crippen molar-refractivity contribution in [2.24, 2.45) is 17.3 Å². The Balaban J connectivity index is 2.35. The second kappa shape index (κ2) is 7.78. The minimum Gasteiger partial charge on any atom is -0.481 e. The quantitative estimate of drug-likeness (QED) is 0.706. The van der Waals surface area contributed by atoms with Crippen molar-refractivity contribution in [3.63, 3.8) is 0 Å². The molecule has 3 unspecified atom stereocenters. The second-order valence-electron chi connectivity index (χ2n) is 6.74. The normalized spacial score (nSPS) is 26.4. The van der Waals surface area contributed by atoms with Gasteiger partial charge in [-0.2, -0.15) is 0 Å². The molecule has 1 rings (SSSR count). The van der Waals surface area contributed by atoms with Crippen molar-refractivity contribution in [2.45, 2.75) is 59.4 Å². The lowest BCUT2D eigenvalue weighted by Gasteiger charge is -2.33. The summed E-state index contributed by atoms with van der Waals surface area (Å²) in [5.74, 6) is -0.514. The third-order valence-corrected chi connectivity index (χ3v) is 4.52. The van der Waals surface area contributed by atoms with Gasteiger partial charge in [0.1, 0.15) is 0 Å². The van der Waals surface area contributed by atoms with E-state index in [1.54, 1.807) is 13.8 Å². The summed E-state index contributed by atoms with van der Waals surface area (Å²) in [5.41, 5.74) is -0.694. The number of ether oxygens (including phenoxy) is 1. The predicted molar refractivity (Wildman–Crippen MR) is 81.0 cm³/mol. The molecule has 21 heavy (non-hydrogen) atoms. The van der Waals surface area contributed by atoms with Crippen molar-refractivity contribution in [2.75, 3.05) is 13.2 Å². The molecule has 0 radical (unpaired) electrons. The largest absolute Gasteiger partial charge is 0.481 e. The Bertz CT molecular complexity index is 367. The van der Waals surface area contributed by atoms with Gasteiger partial charge < -0.3 is 15.2 Å². The molecular formula is C16H29NO4.